The van der Waals surface area contributed by atoms with Crippen molar-refractivity contribution in [1.82, 2.24) is 14.9 Å². The molecule has 2 unspecified atom stereocenters. The molecule has 1 aliphatic rings. The van der Waals surface area contributed by atoms with E-state index >= 15 is 0 Å². The van der Waals surface area contributed by atoms with Gasteiger partial charge in [-0.2, -0.15) is 0 Å². The maximum Gasteiger partial charge on any atom is 0.257 e. The summed E-state index contributed by atoms with van der Waals surface area (Å²) in [6.45, 7) is 5.81. The molecular weight excluding hydrogens is 334 g/mol. The molecule has 6 heteroatoms. The van der Waals surface area contributed by atoms with Crippen LogP contribution in [0.25, 0.3) is 0 Å². The van der Waals surface area contributed by atoms with Crippen molar-refractivity contribution in [3.8, 4) is 0 Å². The van der Waals surface area contributed by atoms with Crippen molar-refractivity contribution in [1.29, 1.82) is 0 Å². The molecule has 2 aromatic rings. The molecule has 1 N–H and O–H groups in total. The molecule has 1 aliphatic heterocycles. The van der Waals surface area contributed by atoms with Gasteiger partial charge in [-0.05, 0) is 25.8 Å². The number of carbonyl (C=O) groups excluding carboxylic acids is 1. The lowest BCUT2D eigenvalue weighted by atomic mass is 10.1. The van der Waals surface area contributed by atoms with Crippen molar-refractivity contribution < 1.29 is 4.79 Å². The van der Waals surface area contributed by atoms with Crippen molar-refractivity contribution in [3.63, 3.8) is 0 Å². The lowest BCUT2D eigenvalue weighted by Gasteiger charge is -2.18. The molecule has 25 heavy (non-hydrogen) atoms. The highest BCUT2D eigenvalue weighted by atomic mass is 32.2. The molecule has 0 fully saturated rings. The number of nitrogens with zero attached hydrogens (tertiary/aromatic N) is 2. The Labute approximate surface area is 151 Å². The van der Waals surface area contributed by atoms with Crippen LogP contribution in [-0.4, -0.2) is 21.2 Å². The number of nitrogens with one attached hydrogen (secondary N) is 1. The van der Waals surface area contributed by atoms with Crippen LogP contribution in [0, 0.1) is 6.92 Å². The fraction of sp³-hybridized carbons (Fsp3) is 0.421. The van der Waals surface area contributed by atoms with Gasteiger partial charge in [0.15, 0.2) is 5.16 Å². The molecule has 0 spiro atoms. The third-order valence-corrected chi connectivity index (χ3v) is 5.70. The Bertz CT molecular complexity index is 833. The second-order valence-electron chi connectivity index (χ2n) is 6.36. The molecule has 1 amide bonds. The summed E-state index contributed by atoms with van der Waals surface area (Å²) in [5.74, 6) is 0.669. The summed E-state index contributed by atoms with van der Waals surface area (Å²) in [4.78, 5) is 29.7. The second kappa shape index (κ2) is 7.44. The number of aryl methyl sites for hydroxylation is 1. The van der Waals surface area contributed by atoms with E-state index in [1.807, 2.05) is 51.1 Å². The number of rotatable bonds is 5. The van der Waals surface area contributed by atoms with Crippen LogP contribution in [0.1, 0.15) is 49.2 Å². The Kier molecular flexibility index (Phi) is 5.27. The molecule has 0 radical (unpaired) electrons. The van der Waals surface area contributed by atoms with Gasteiger partial charge >= 0.3 is 0 Å². The zero-order valence-electron chi connectivity index (χ0n) is 14.8. The zero-order chi connectivity index (χ0) is 18.0. The van der Waals surface area contributed by atoms with Crippen molar-refractivity contribution >= 4 is 17.7 Å². The molecule has 3 rings (SSSR count). The normalized spacial score (nSPS) is 17.2. The van der Waals surface area contributed by atoms with Gasteiger partial charge in [-0.3, -0.25) is 14.2 Å². The molecule has 1 aromatic heterocycles. The van der Waals surface area contributed by atoms with Crippen LogP contribution >= 0.6 is 11.8 Å². The molecular formula is C19H23N3O2S. The molecule has 1 aromatic carbocycles. The fourth-order valence-electron chi connectivity index (χ4n) is 3.22. The Morgan fingerprint density at radius 2 is 2.12 bits per heavy atom. The zero-order valence-corrected chi connectivity index (χ0v) is 15.6. The van der Waals surface area contributed by atoms with Gasteiger partial charge in [0, 0.05) is 23.4 Å². The van der Waals surface area contributed by atoms with Crippen molar-refractivity contribution in [2.75, 3.05) is 5.75 Å². The van der Waals surface area contributed by atoms with E-state index in [2.05, 4.69) is 10.3 Å². The van der Waals surface area contributed by atoms with Crippen molar-refractivity contribution in [2.24, 2.45) is 0 Å². The van der Waals surface area contributed by atoms with Gasteiger partial charge in [0.05, 0.1) is 12.1 Å². The van der Waals surface area contributed by atoms with Gasteiger partial charge in [0.25, 0.3) is 5.56 Å². The maximum absolute atomic E-state index is 12.7. The first-order valence-electron chi connectivity index (χ1n) is 8.60. The lowest BCUT2D eigenvalue weighted by molar-refractivity contribution is -0.122. The Morgan fingerprint density at radius 3 is 2.80 bits per heavy atom. The third-order valence-electron chi connectivity index (χ3n) is 4.60. The van der Waals surface area contributed by atoms with Crippen LogP contribution < -0.4 is 10.9 Å². The fourth-order valence-corrected chi connectivity index (χ4v) is 4.40. The van der Waals surface area contributed by atoms with Crippen molar-refractivity contribution in [3.05, 3.63) is 57.5 Å². The number of benzene rings is 1. The van der Waals surface area contributed by atoms with E-state index in [-0.39, 0.29) is 23.6 Å². The number of thioether (sulfide) groups is 1. The summed E-state index contributed by atoms with van der Waals surface area (Å²) in [5.41, 5.74) is 2.62. The summed E-state index contributed by atoms with van der Waals surface area (Å²) >= 11 is 1.55. The molecule has 2 atom stereocenters. The minimum Gasteiger partial charge on any atom is -0.350 e. The number of hydrogen-bond acceptors (Lipinski definition) is 4. The van der Waals surface area contributed by atoms with Gasteiger partial charge in [-0.1, -0.05) is 49.0 Å². The summed E-state index contributed by atoms with van der Waals surface area (Å²) < 4.78 is 1.71. The largest absolute Gasteiger partial charge is 0.350 e. The maximum atomic E-state index is 12.7. The number of carbonyl (C=O) groups is 1. The first-order valence-corrected chi connectivity index (χ1v) is 9.59. The van der Waals surface area contributed by atoms with E-state index in [4.69, 9.17) is 0 Å². The predicted molar refractivity (Wildman–Crippen MR) is 100.0 cm³/mol. The Hall–Kier alpha value is -2.08. The average Bonchev–Trinajstić information content (AvgIpc) is 2.98. The van der Waals surface area contributed by atoms with E-state index in [0.29, 0.717) is 18.6 Å². The molecule has 2 heterocycles. The van der Waals surface area contributed by atoms with Crippen LogP contribution in [0.15, 0.2) is 40.3 Å². The standard InChI is InChI=1S/C19H23N3O2S/c1-4-16-13(3)21-19-22(18(16)24)15(11-25-19)10-17(23)20-12(2)14-8-6-5-7-9-14/h5-9,12,15H,4,10-11H2,1-3H3,(H,20,23). The van der Waals surface area contributed by atoms with E-state index < -0.39 is 0 Å². The minimum absolute atomic E-state index is 0.00362. The van der Waals surface area contributed by atoms with Crippen LogP contribution in [0.4, 0.5) is 0 Å². The van der Waals surface area contributed by atoms with E-state index in [1.165, 1.54) is 0 Å². The Morgan fingerprint density at radius 1 is 1.40 bits per heavy atom. The van der Waals surface area contributed by atoms with Crippen LogP contribution in [0.5, 0.6) is 0 Å². The highest BCUT2D eigenvalue weighted by Gasteiger charge is 2.29. The summed E-state index contributed by atoms with van der Waals surface area (Å²) in [5, 5.41) is 3.76. The first-order chi connectivity index (χ1) is 12.0. The van der Waals surface area contributed by atoms with Gasteiger partial charge in [-0.25, -0.2) is 4.98 Å². The van der Waals surface area contributed by atoms with E-state index in [0.717, 1.165) is 22.0 Å². The summed E-state index contributed by atoms with van der Waals surface area (Å²) in [6.07, 6.45) is 0.956. The smallest absolute Gasteiger partial charge is 0.257 e. The number of aromatic nitrogens is 2. The molecule has 0 bridgehead atoms. The lowest BCUT2D eigenvalue weighted by Crippen LogP contribution is -2.33. The van der Waals surface area contributed by atoms with Gasteiger partial charge in [0.1, 0.15) is 0 Å². The third kappa shape index (κ3) is 3.63. The Balaban J connectivity index is 1.74. The number of hydrogen-bond donors (Lipinski definition) is 1. The van der Waals surface area contributed by atoms with Crippen LogP contribution in [0.2, 0.25) is 0 Å². The molecule has 5 nitrogen and oxygen atoms in total. The topological polar surface area (TPSA) is 64.0 Å². The minimum atomic E-state index is -0.131. The van der Waals surface area contributed by atoms with Crippen LogP contribution in [0.3, 0.4) is 0 Å². The predicted octanol–water partition coefficient (Wildman–Crippen LogP) is 3.03. The number of fused-ring (bicyclic) bond motifs is 1. The van der Waals surface area contributed by atoms with E-state index in [1.54, 1.807) is 16.3 Å². The molecule has 0 aliphatic carbocycles. The summed E-state index contributed by atoms with van der Waals surface area (Å²) in [7, 11) is 0. The first kappa shape index (κ1) is 17.7. The molecule has 0 saturated heterocycles. The highest BCUT2D eigenvalue weighted by molar-refractivity contribution is 7.99. The number of amides is 1. The SMILES string of the molecule is CCc1c(C)nc2n(c1=O)C(CC(=O)NC(C)c1ccccc1)CS2. The summed E-state index contributed by atoms with van der Waals surface area (Å²) in [6, 6.07) is 9.68. The highest BCUT2D eigenvalue weighted by Crippen LogP contribution is 2.32. The quantitative estimate of drug-likeness (QED) is 0.836. The van der Waals surface area contributed by atoms with E-state index in [9.17, 15) is 9.59 Å². The average molecular weight is 357 g/mol. The monoisotopic (exact) mass is 357 g/mol. The second-order valence-corrected chi connectivity index (χ2v) is 7.34. The van der Waals surface area contributed by atoms with Gasteiger partial charge in [-0.15, -0.1) is 0 Å². The van der Waals surface area contributed by atoms with Crippen molar-refractivity contribution in [2.45, 2.75) is 50.9 Å². The van der Waals surface area contributed by atoms with Crippen LogP contribution in [-0.2, 0) is 11.2 Å². The van der Waals surface area contributed by atoms with Gasteiger partial charge < -0.3 is 5.32 Å². The molecule has 0 saturated carbocycles. The van der Waals surface area contributed by atoms with Gasteiger partial charge in [0.2, 0.25) is 5.91 Å². The molecule has 132 valence electrons.